The largest absolute Gasteiger partial charge is 0.329 e. The first-order valence-corrected chi connectivity index (χ1v) is 7.22. The topological polar surface area (TPSA) is 42.1 Å². The van der Waals surface area contributed by atoms with Gasteiger partial charge in [-0.1, -0.05) is 32.3 Å². The third kappa shape index (κ3) is 3.09. The molecule has 0 aromatic carbocycles. The number of hydrogen-bond donors (Lipinski definition) is 1. The van der Waals surface area contributed by atoms with E-state index < -0.39 is 0 Å². The Labute approximate surface area is 110 Å². The first kappa shape index (κ1) is 13.5. The van der Waals surface area contributed by atoms with Crippen LogP contribution in [0.5, 0.6) is 0 Å². The molecule has 1 aliphatic rings. The standard InChI is InChI=1S/C15H25N3/c1-2-18(14-8-4-3-5-9-14)15(11-16)13-7-6-10-17-12-13/h6-7,10,12,14-15H,2-5,8-9,11,16H2,1H3. The van der Waals surface area contributed by atoms with Gasteiger partial charge in [0.15, 0.2) is 0 Å². The molecule has 1 aromatic heterocycles. The van der Waals surface area contributed by atoms with Gasteiger partial charge >= 0.3 is 0 Å². The number of nitrogens with two attached hydrogens (primary N) is 1. The second-order valence-corrected chi connectivity index (χ2v) is 5.16. The van der Waals surface area contributed by atoms with Gasteiger partial charge in [-0.05, 0) is 31.0 Å². The lowest BCUT2D eigenvalue weighted by Gasteiger charge is -2.39. The summed E-state index contributed by atoms with van der Waals surface area (Å²) in [5.74, 6) is 0. The zero-order valence-corrected chi connectivity index (χ0v) is 11.4. The fourth-order valence-corrected chi connectivity index (χ4v) is 3.18. The van der Waals surface area contributed by atoms with E-state index in [2.05, 4.69) is 22.9 Å². The van der Waals surface area contributed by atoms with Crippen LogP contribution in [0.1, 0.15) is 50.6 Å². The predicted octanol–water partition coefficient (Wildman–Crippen LogP) is 2.74. The number of rotatable bonds is 5. The molecule has 100 valence electrons. The summed E-state index contributed by atoms with van der Waals surface area (Å²) in [4.78, 5) is 6.81. The van der Waals surface area contributed by atoms with Gasteiger partial charge in [0, 0.05) is 31.0 Å². The molecule has 1 heterocycles. The molecule has 18 heavy (non-hydrogen) atoms. The molecule has 1 fully saturated rings. The highest BCUT2D eigenvalue weighted by atomic mass is 15.2. The quantitative estimate of drug-likeness (QED) is 0.870. The van der Waals surface area contributed by atoms with Gasteiger partial charge < -0.3 is 5.73 Å². The van der Waals surface area contributed by atoms with Gasteiger partial charge in [-0.25, -0.2) is 0 Å². The zero-order chi connectivity index (χ0) is 12.8. The van der Waals surface area contributed by atoms with Crippen molar-refractivity contribution in [3.63, 3.8) is 0 Å². The van der Waals surface area contributed by atoms with E-state index in [0.717, 1.165) is 6.54 Å². The summed E-state index contributed by atoms with van der Waals surface area (Å²) >= 11 is 0. The van der Waals surface area contributed by atoms with Crippen LogP contribution in [-0.2, 0) is 0 Å². The van der Waals surface area contributed by atoms with Crippen LogP contribution in [0.4, 0.5) is 0 Å². The van der Waals surface area contributed by atoms with Crippen LogP contribution >= 0.6 is 0 Å². The fraction of sp³-hybridized carbons (Fsp3) is 0.667. The SMILES string of the molecule is CCN(C1CCCCC1)C(CN)c1cccnc1. The average Bonchev–Trinajstić information content (AvgIpc) is 2.46. The van der Waals surface area contributed by atoms with Crippen LogP contribution < -0.4 is 5.73 Å². The number of nitrogens with zero attached hydrogens (tertiary/aromatic N) is 2. The molecule has 0 spiro atoms. The van der Waals surface area contributed by atoms with E-state index >= 15 is 0 Å². The summed E-state index contributed by atoms with van der Waals surface area (Å²) < 4.78 is 0. The van der Waals surface area contributed by atoms with Crippen LogP contribution in [0.25, 0.3) is 0 Å². The molecule has 1 atom stereocenters. The van der Waals surface area contributed by atoms with E-state index in [4.69, 9.17) is 5.73 Å². The van der Waals surface area contributed by atoms with Crippen molar-refractivity contribution in [2.45, 2.75) is 51.1 Å². The van der Waals surface area contributed by atoms with Gasteiger partial charge in [-0.2, -0.15) is 0 Å². The molecule has 0 aliphatic heterocycles. The first-order valence-electron chi connectivity index (χ1n) is 7.22. The Kier molecular flexibility index (Phi) is 5.14. The van der Waals surface area contributed by atoms with Crippen molar-refractivity contribution in [1.82, 2.24) is 9.88 Å². The van der Waals surface area contributed by atoms with Crippen LogP contribution in [0.2, 0.25) is 0 Å². The van der Waals surface area contributed by atoms with E-state index in [9.17, 15) is 0 Å². The van der Waals surface area contributed by atoms with E-state index in [1.165, 1.54) is 37.7 Å². The average molecular weight is 247 g/mol. The van der Waals surface area contributed by atoms with Crippen molar-refractivity contribution < 1.29 is 0 Å². The molecule has 3 heteroatoms. The molecular weight excluding hydrogens is 222 g/mol. The minimum atomic E-state index is 0.326. The molecule has 0 bridgehead atoms. The van der Waals surface area contributed by atoms with Crippen molar-refractivity contribution in [2.24, 2.45) is 5.73 Å². The Bertz CT molecular complexity index is 333. The molecule has 2 N–H and O–H groups in total. The van der Waals surface area contributed by atoms with Gasteiger partial charge in [0.05, 0.1) is 0 Å². The Morgan fingerprint density at radius 1 is 1.39 bits per heavy atom. The monoisotopic (exact) mass is 247 g/mol. The smallest absolute Gasteiger partial charge is 0.0488 e. The Hall–Kier alpha value is -0.930. The summed E-state index contributed by atoms with van der Waals surface area (Å²) in [6.07, 6.45) is 10.6. The number of likely N-dealkylation sites (N-methyl/N-ethyl adjacent to an activating group) is 1. The second kappa shape index (κ2) is 6.86. The third-order valence-corrected chi connectivity index (χ3v) is 4.10. The molecule has 0 radical (unpaired) electrons. The predicted molar refractivity (Wildman–Crippen MR) is 75.3 cm³/mol. The van der Waals surface area contributed by atoms with Gasteiger partial charge in [0.1, 0.15) is 0 Å². The van der Waals surface area contributed by atoms with Crippen molar-refractivity contribution in [1.29, 1.82) is 0 Å². The Balaban J connectivity index is 2.13. The molecule has 2 rings (SSSR count). The molecule has 1 saturated carbocycles. The summed E-state index contributed by atoms with van der Waals surface area (Å²) in [5, 5.41) is 0. The second-order valence-electron chi connectivity index (χ2n) is 5.16. The summed E-state index contributed by atoms with van der Waals surface area (Å²) in [7, 11) is 0. The lowest BCUT2D eigenvalue weighted by molar-refractivity contribution is 0.113. The van der Waals surface area contributed by atoms with Crippen LogP contribution in [0.15, 0.2) is 24.5 Å². The molecule has 3 nitrogen and oxygen atoms in total. The highest BCUT2D eigenvalue weighted by Gasteiger charge is 2.26. The van der Waals surface area contributed by atoms with Gasteiger partial charge in [0.2, 0.25) is 0 Å². The molecule has 1 aliphatic carbocycles. The first-order chi connectivity index (χ1) is 8.86. The van der Waals surface area contributed by atoms with Crippen molar-refractivity contribution in [2.75, 3.05) is 13.1 Å². The minimum absolute atomic E-state index is 0.326. The maximum absolute atomic E-state index is 6.02. The van der Waals surface area contributed by atoms with Crippen molar-refractivity contribution in [3.8, 4) is 0 Å². The summed E-state index contributed by atoms with van der Waals surface area (Å²) in [6, 6.07) is 5.19. The van der Waals surface area contributed by atoms with Gasteiger partial charge in [0.25, 0.3) is 0 Å². The number of hydrogen-bond acceptors (Lipinski definition) is 3. The van der Waals surface area contributed by atoms with Crippen LogP contribution in [0, 0.1) is 0 Å². The number of aromatic nitrogens is 1. The minimum Gasteiger partial charge on any atom is -0.329 e. The maximum Gasteiger partial charge on any atom is 0.0488 e. The molecular formula is C15H25N3. The lowest BCUT2D eigenvalue weighted by atomic mass is 9.92. The van der Waals surface area contributed by atoms with Crippen LogP contribution in [0.3, 0.4) is 0 Å². The lowest BCUT2D eigenvalue weighted by Crippen LogP contribution is -2.42. The zero-order valence-electron chi connectivity index (χ0n) is 11.4. The molecule has 0 saturated heterocycles. The van der Waals surface area contributed by atoms with E-state index in [0.29, 0.717) is 18.6 Å². The Morgan fingerprint density at radius 2 is 2.17 bits per heavy atom. The van der Waals surface area contributed by atoms with E-state index in [1.54, 1.807) is 0 Å². The maximum atomic E-state index is 6.02. The third-order valence-electron chi connectivity index (χ3n) is 4.10. The Morgan fingerprint density at radius 3 is 2.72 bits per heavy atom. The molecule has 1 unspecified atom stereocenters. The highest BCUT2D eigenvalue weighted by Crippen LogP contribution is 2.29. The summed E-state index contributed by atoms with van der Waals surface area (Å²) in [5.41, 5.74) is 7.28. The number of pyridine rings is 1. The van der Waals surface area contributed by atoms with E-state index in [-0.39, 0.29) is 0 Å². The summed E-state index contributed by atoms with van der Waals surface area (Å²) in [6.45, 7) is 3.99. The fourth-order valence-electron chi connectivity index (χ4n) is 3.18. The van der Waals surface area contributed by atoms with E-state index in [1.807, 2.05) is 18.5 Å². The van der Waals surface area contributed by atoms with Crippen molar-refractivity contribution in [3.05, 3.63) is 30.1 Å². The van der Waals surface area contributed by atoms with Crippen molar-refractivity contribution >= 4 is 0 Å². The normalized spacial score (nSPS) is 19.1. The molecule has 1 aromatic rings. The molecule has 0 amide bonds. The van der Waals surface area contributed by atoms with Crippen LogP contribution in [-0.4, -0.2) is 29.0 Å². The highest BCUT2D eigenvalue weighted by molar-refractivity contribution is 5.15. The van der Waals surface area contributed by atoms with Gasteiger partial charge in [-0.15, -0.1) is 0 Å². The van der Waals surface area contributed by atoms with Gasteiger partial charge in [-0.3, -0.25) is 9.88 Å².